The number of carbonyl (C=O) groups is 2. The molecule has 1 heterocycles. The van der Waals surface area contributed by atoms with Crippen LogP contribution in [0.15, 0.2) is 58.7 Å². The maximum Gasteiger partial charge on any atom is 0.416 e. The summed E-state index contributed by atoms with van der Waals surface area (Å²) in [5.41, 5.74) is -1.10. The van der Waals surface area contributed by atoms with Gasteiger partial charge in [0.25, 0.3) is 0 Å². The summed E-state index contributed by atoms with van der Waals surface area (Å²) in [6, 6.07) is 8.22. The van der Waals surface area contributed by atoms with Gasteiger partial charge in [0.15, 0.2) is 0 Å². The number of nitrogens with zero attached hydrogens (tertiary/aromatic N) is 4. The molecule has 0 aromatic heterocycles. The van der Waals surface area contributed by atoms with Gasteiger partial charge in [0.2, 0.25) is 17.0 Å². The van der Waals surface area contributed by atoms with Crippen molar-refractivity contribution >= 4 is 35.0 Å². The lowest BCUT2D eigenvalue weighted by atomic mass is 10.1. The Morgan fingerprint density at radius 2 is 1.44 bits per heavy atom. The van der Waals surface area contributed by atoms with Crippen LogP contribution >= 0.6 is 11.8 Å². The second kappa shape index (κ2) is 9.49. The minimum Gasteiger partial charge on any atom is -0.273 e. The second-order valence-corrected chi connectivity index (χ2v) is 8.08. The van der Waals surface area contributed by atoms with Gasteiger partial charge in [0, 0.05) is 13.8 Å². The standard InChI is InChI=1S/C21H16F6N4O2S/c1-12(32)30-18(15-5-9-17(10-6-15)21(25,26)27)34-19(29-30)31(13(2)33)28-11-14-3-7-16(8-4-14)20(22,23)24/h3-11,18H,1-2H3. The Morgan fingerprint density at radius 3 is 1.88 bits per heavy atom. The molecule has 2 aromatic carbocycles. The van der Waals surface area contributed by atoms with Gasteiger partial charge in [-0.25, -0.2) is 5.01 Å². The zero-order valence-corrected chi connectivity index (χ0v) is 18.4. The molecule has 2 amide bonds. The third-order valence-electron chi connectivity index (χ3n) is 4.52. The SMILES string of the molecule is CC(=O)N(N=Cc1ccc(C(F)(F)F)cc1)C1=NN(C(C)=O)C(c2ccc(C(F)(F)F)cc2)S1. The van der Waals surface area contributed by atoms with E-state index in [2.05, 4.69) is 10.2 Å². The van der Waals surface area contributed by atoms with Gasteiger partial charge in [0.05, 0.1) is 17.3 Å². The van der Waals surface area contributed by atoms with Crippen LogP contribution < -0.4 is 0 Å². The molecule has 0 saturated heterocycles. The molecule has 0 bridgehead atoms. The smallest absolute Gasteiger partial charge is 0.273 e. The molecule has 1 unspecified atom stereocenters. The number of hydrazone groups is 2. The summed E-state index contributed by atoms with van der Waals surface area (Å²) in [5, 5.41) is 9.03. The predicted molar refractivity (Wildman–Crippen MR) is 113 cm³/mol. The van der Waals surface area contributed by atoms with E-state index in [4.69, 9.17) is 0 Å². The average Bonchev–Trinajstić information content (AvgIpc) is 3.18. The van der Waals surface area contributed by atoms with Crippen molar-refractivity contribution < 1.29 is 35.9 Å². The van der Waals surface area contributed by atoms with Crippen molar-refractivity contribution in [1.29, 1.82) is 0 Å². The molecule has 0 fully saturated rings. The Hall–Kier alpha value is -3.35. The molecule has 180 valence electrons. The highest BCUT2D eigenvalue weighted by molar-refractivity contribution is 8.14. The van der Waals surface area contributed by atoms with Gasteiger partial charge in [-0.05, 0) is 35.4 Å². The number of carbonyl (C=O) groups excluding carboxylic acids is 2. The van der Waals surface area contributed by atoms with Crippen LogP contribution in [0, 0.1) is 0 Å². The summed E-state index contributed by atoms with van der Waals surface area (Å²) < 4.78 is 76.7. The molecule has 0 saturated carbocycles. The summed E-state index contributed by atoms with van der Waals surface area (Å²) in [7, 11) is 0. The van der Waals surface area contributed by atoms with Crippen LogP contribution in [-0.2, 0) is 21.9 Å². The van der Waals surface area contributed by atoms with Gasteiger partial charge in [-0.2, -0.15) is 36.5 Å². The van der Waals surface area contributed by atoms with Crippen molar-refractivity contribution in [3.8, 4) is 0 Å². The first-order valence-corrected chi connectivity index (χ1v) is 10.4. The molecular weight excluding hydrogens is 486 g/mol. The number of hydrogen-bond donors (Lipinski definition) is 0. The average molecular weight is 502 g/mol. The molecule has 2 aromatic rings. The fourth-order valence-corrected chi connectivity index (χ4v) is 4.04. The molecule has 1 aliphatic heterocycles. The first-order chi connectivity index (χ1) is 15.8. The molecule has 34 heavy (non-hydrogen) atoms. The van der Waals surface area contributed by atoms with Gasteiger partial charge in [0.1, 0.15) is 5.37 Å². The van der Waals surface area contributed by atoms with Crippen LogP contribution in [0.4, 0.5) is 26.3 Å². The van der Waals surface area contributed by atoms with Crippen LogP contribution in [-0.4, -0.2) is 33.2 Å². The van der Waals surface area contributed by atoms with E-state index in [1.54, 1.807) is 0 Å². The van der Waals surface area contributed by atoms with Crippen molar-refractivity contribution in [3.63, 3.8) is 0 Å². The topological polar surface area (TPSA) is 65.3 Å². The predicted octanol–water partition coefficient (Wildman–Crippen LogP) is 5.47. The quantitative estimate of drug-likeness (QED) is 0.318. The second-order valence-electron chi connectivity index (χ2n) is 7.03. The van der Waals surface area contributed by atoms with E-state index in [1.165, 1.54) is 31.2 Å². The van der Waals surface area contributed by atoms with Crippen LogP contribution in [0.3, 0.4) is 0 Å². The zero-order chi connectivity index (χ0) is 25.3. The lowest BCUT2D eigenvalue weighted by Gasteiger charge is -2.19. The fourth-order valence-electron chi connectivity index (χ4n) is 2.84. The Balaban J connectivity index is 1.84. The molecule has 0 radical (unpaired) electrons. The van der Waals surface area contributed by atoms with E-state index in [0.717, 1.165) is 59.2 Å². The lowest BCUT2D eigenvalue weighted by Crippen LogP contribution is -2.27. The Labute approximate surface area is 193 Å². The first-order valence-electron chi connectivity index (χ1n) is 9.51. The number of thioether (sulfide) groups is 1. The molecule has 0 spiro atoms. The number of alkyl halides is 6. The Bertz CT molecular complexity index is 1130. The monoisotopic (exact) mass is 502 g/mol. The Kier molecular flexibility index (Phi) is 7.05. The van der Waals surface area contributed by atoms with Gasteiger partial charge in [-0.3, -0.25) is 9.59 Å². The van der Waals surface area contributed by atoms with Gasteiger partial charge in [-0.1, -0.05) is 36.0 Å². The van der Waals surface area contributed by atoms with E-state index in [-0.39, 0.29) is 10.7 Å². The molecule has 0 N–H and O–H groups in total. The van der Waals surface area contributed by atoms with Gasteiger partial charge in [-0.15, -0.1) is 5.10 Å². The van der Waals surface area contributed by atoms with E-state index < -0.39 is 40.7 Å². The summed E-state index contributed by atoms with van der Waals surface area (Å²) in [6.45, 7) is 2.37. The number of halogens is 6. The maximum atomic E-state index is 12.9. The van der Waals surface area contributed by atoms with Crippen LogP contribution in [0.5, 0.6) is 0 Å². The van der Waals surface area contributed by atoms with Crippen molar-refractivity contribution in [2.45, 2.75) is 31.6 Å². The molecule has 0 aliphatic carbocycles. The minimum absolute atomic E-state index is 0.0317. The molecular formula is C21H16F6N4O2S. The summed E-state index contributed by atoms with van der Waals surface area (Å²) in [5.74, 6) is -1.13. The summed E-state index contributed by atoms with van der Waals surface area (Å²) >= 11 is 0.907. The molecule has 1 atom stereocenters. The van der Waals surface area contributed by atoms with Crippen molar-refractivity contribution in [1.82, 2.24) is 10.0 Å². The largest absolute Gasteiger partial charge is 0.416 e. The lowest BCUT2D eigenvalue weighted by molar-refractivity contribution is -0.138. The molecule has 6 nitrogen and oxygen atoms in total. The van der Waals surface area contributed by atoms with Crippen molar-refractivity contribution in [2.75, 3.05) is 0 Å². The highest BCUT2D eigenvalue weighted by atomic mass is 32.2. The number of amidine groups is 1. The zero-order valence-electron chi connectivity index (χ0n) is 17.6. The van der Waals surface area contributed by atoms with E-state index in [9.17, 15) is 35.9 Å². The van der Waals surface area contributed by atoms with Crippen molar-refractivity contribution in [2.24, 2.45) is 10.2 Å². The summed E-state index contributed by atoms with van der Waals surface area (Å²) in [4.78, 5) is 24.2. The highest BCUT2D eigenvalue weighted by Crippen LogP contribution is 2.41. The highest BCUT2D eigenvalue weighted by Gasteiger charge is 2.37. The van der Waals surface area contributed by atoms with Crippen molar-refractivity contribution in [3.05, 3.63) is 70.8 Å². The number of rotatable bonds is 3. The van der Waals surface area contributed by atoms with Crippen LogP contribution in [0.2, 0.25) is 0 Å². The fraction of sp³-hybridized carbons (Fsp3) is 0.238. The minimum atomic E-state index is -4.53. The number of amides is 2. The van der Waals surface area contributed by atoms with E-state index in [1.807, 2.05) is 0 Å². The maximum absolute atomic E-state index is 12.9. The molecule has 3 rings (SSSR count). The van der Waals surface area contributed by atoms with Gasteiger partial charge < -0.3 is 0 Å². The van der Waals surface area contributed by atoms with E-state index in [0.29, 0.717) is 5.56 Å². The third kappa shape index (κ3) is 5.76. The number of hydrogen-bond acceptors (Lipinski definition) is 5. The van der Waals surface area contributed by atoms with Gasteiger partial charge >= 0.3 is 12.4 Å². The molecule has 1 aliphatic rings. The molecule has 13 heteroatoms. The third-order valence-corrected chi connectivity index (χ3v) is 5.68. The first kappa shape index (κ1) is 25.3. The van der Waals surface area contributed by atoms with Crippen LogP contribution in [0.25, 0.3) is 0 Å². The Morgan fingerprint density at radius 1 is 0.941 bits per heavy atom. The summed E-state index contributed by atoms with van der Waals surface area (Å²) in [6.07, 6.45) is -7.88. The normalized spacial score (nSPS) is 16.6. The number of benzene rings is 2. The van der Waals surface area contributed by atoms with E-state index >= 15 is 0 Å². The van der Waals surface area contributed by atoms with Crippen LogP contribution in [0.1, 0.15) is 41.5 Å².